The number of thiazole rings is 1. The Kier molecular flexibility index (Phi) is 4.74. The molecule has 21 heavy (non-hydrogen) atoms. The van der Waals surface area contributed by atoms with Gasteiger partial charge in [-0.25, -0.2) is 14.8 Å². The van der Waals surface area contributed by atoms with Gasteiger partial charge >= 0.3 is 5.97 Å². The number of hydrogen-bond donors (Lipinski definition) is 2. The predicted octanol–water partition coefficient (Wildman–Crippen LogP) is 2.78. The van der Waals surface area contributed by atoms with Crippen LogP contribution in [0.15, 0.2) is 17.6 Å². The monoisotopic (exact) mass is 306 g/mol. The van der Waals surface area contributed by atoms with Gasteiger partial charge in [-0.3, -0.25) is 0 Å². The largest absolute Gasteiger partial charge is 0.462 e. The number of nitrogens with zero attached hydrogens (tertiary/aromatic N) is 2. The van der Waals surface area contributed by atoms with Crippen LogP contribution in [0.1, 0.15) is 40.9 Å². The molecule has 0 radical (unpaired) electrons. The van der Waals surface area contributed by atoms with Crippen LogP contribution in [0, 0.1) is 6.92 Å². The van der Waals surface area contributed by atoms with E-state index in [1.165, 1.54) is 6.20 Å². The van der Waals surface area contributed by atoms with Crippen LogP contribution >= 0.6 is 11.3 Å². The Labute approximate surface area is 127 Å². The number of anilines is 2. The molecule has 0 saturated carbocycles. The Hall–Kier alpha value is -2.15. The molecule has 0 amide bonds. The van der Waals surface area contributed by atoms with Crippen LogP contribution in [0.25, 0.3) is 0 Å². The SMILES string of the molecule is CCOC(=O)c1ccnc(NC(C)c2nc(C)cs2)c1N. The maximum Gasteiger partial charge on any atom is 0.340 e. The van der Waals surface area contributed by atoms with Crippen LogP contribution in [0.2, 0.25) is 0 Å². The fraction of sp³-hybridized carbons (Fsp3) is 0.357. The highest BCUT2D eigenvalue weighted by Gasteiger charge is 2.17. The third-order valence-corrected chi connectivity index (χ3v) is 3.99. The minimum atomic E-state index is -0.446. The molecule has 1 atom stereocenters. The lowest BCUT2D eigenvalue weighted by molar-refractivity contribution is 0.0527. The molecule has 7 heteroatoms. The molecule has 3 N–H and O–H groups in total. The third-order valence-electron chi connectivity index (χ3n) is 2.85. The molecule has 0 aliphatic heterocycles. The van der Waals surface area contributed by atoms with E-state index in [1.54, 1.807) is 24.3 Å². The van der Waals surface area contributed by atoms with E-state index in [2.05, 4.69) is 15.3 Å². The average molecular weight is 306 g/mol. The topological polar surface area (TPSA) is 90.1 Å². The third kappa shape index (κ3) is 3.49. The standard InChI is InChI=1S/C14H18N4O2S/c1-4-20-14(19)10-5-6-16-12(11(10)15)18-9(3)13-17-8(2)7-21-13/h5-7,9H,4,15H2,1-3H3,(H,16,18). The summed E-state index contributed by atoms with van der Waals surface area (Å²) in [6.07, 6.45) is 1.53. The van der Waals surface area contributed by atoms with E-state index in [9.17, 15) is 4.79 Å². The van der Waals surface area contributed by atoms with Crippen LogP contribution in [-0.4, -0.2) is 22.5 Å². The lowest BCUT2D eigenvalue weighted by Crippen LogP contribution is -2.14. The second-order valence-electron chi connectivity index (χ2n) is 4.53. The van der Waals surface area contributed by atoms with Crippen molar-refractivity contribution in [3.05, 3.63) is 33.9 Å². The molecule has 0 aliphatic rings. The Morgan fingerprint density at radius 1 is 1.57 bits per heavy atom. The van der Waals surface area contributed by atoms with Crippen molar-refractivity contribution in [2.75, 3.05) is 17.7 Å². The number of ether oxygens (including phenoxy) is 1. The number of nitrogens with one attached hydrogen (secondary N) is 1. The van der Waals surface area contributed by atoms with Crippen molar-refractivity contribution in [2.24, 2.45) is 0 Å². The van der Waals surface area contributed by atoms with Crippen LogP contribution < -0.4 is 11.1 Å². The number of rotatable bonds is 5. The smallest absolute Gasteiger partial charge is 0.340 e. The quantitative estimate of drug-likeness (QED) is 0.826. The summed E-state index contributed by atoms with van der Waals surface area (Å²) >= 11 is 1.57. The normalized spacial score (nSPS) is 12.0. The summed E-state index contributed by atoms with van der Waals surface area (Å²) in [6, 6.07) is 1.51. The van der Waals surface area contributed by atoms with Gasteiger partial charge in [0.05, 0.1) is 23.9 Å². The summed E-state index contributed by atoms with van der Waals surface area (Å²) in [5.41, 5.74) is 7.58. The maximum absolute atomic E-state index is 11.8. The first-order valence-corrected chi connectivity index (χ1v) is 7.51. The molecule has 1 unspecified atom stereocenters. The Morgan fingerprint density at radius 2 is 2.33 bits per heavy atom. The summed E-state index contributed by atoms with van der Waals surface area (Å²) in [4.78, 5) is 20.4. The van der Waals surface area contributed by atoms with Crippen molar-refractivity contribution in [2.45, 2.75) is 26.8 Å². The molecular weight excluding hydrogens is 288 g/mol. The maximum atomic E-state index is 11.8. The van der Waals surface area contributed by atoms with Gasteiger partial charge in [0.25, 0.3) is 0 Å². The summed E-state index contributed by atoms with van der Waals surface area (Å²) in [6.45, 7) is 5.97. The molecule has 2 aromatic heterocycles. The van der Waals surface area contributed by atoms with Gasteiger partial charge in [-0.1, -0.05) is 0 Å². The molecular formula is C14H18N4O2S. The Morgan fingerprint density at radius 3 is 2.95 bits per heavy atom. The van der Waals surface area contributed by atoms with Crippen molar-refractivity contribution in [3.63, 3.8) is 0 Å². The molecule has 2 rings (SSSR count). The fourth-order valence-electron chi connectivity index (χ4n) is 1.81. The summed E-state index contributed by atoms with van der Waals surface area (Å²) < 4.78 is 4.97. The summed E-state index contributed by atoms with van der Waals surface area (Å²) in [5.74, 6) is 0.0131. The minimum absolute atomic E-state index is 0.0454. The minimum Gasteiger partial charge on any atom is -0.462 e. The number of hydrogen-bond acceptors (Lipinski definition) is 7. The van der Waals surface area contributed by atoms with Gasteiger partial charge in [-0.2, -0.15) is 0 Å². The summed E-state index contributed by atoms with van der Waals surface area (Å²) in [7, 11) is 0. The van der Waals surface area contributed by atoms with Gasteiger partial charge in [0.2, 0.25) is 0 Å². The number of aryl methyl sites for hydroxylation is 1. The Balaban J connectivity index is 2.20. The molecule has 6 nitrogen and oxygen atoms in total. The molecule has 0 fully saturated rings. The van der Waals surface area contributed by atoms with Gasteiger partial charge in [0.15, 0.2) is 5.82 Å². The Bertz CT molecular complexity index is 642. The van der Waals surface area contributed by atoms with Crippen LogP contribution in [0.3, 0.4) is 0 Å². The highest BCUT2D eigenvalue weighted by atomic mass is 32.1. The lowest BCUT2D eigenvalue weighted by atomic mass is 10.2. The first-order valence-electron chi connectivity index (χ1n) is 6.63. The average Bonchev–Trinajstić information content (AvgIpc) is 2.88. The number of pyridine rings is 1. The predicted molar refractivity (Wildman–Crippen MR) is 83.5 cm³/mol. The van der Waals surface area contributed by atoms with E-state index in [1.807, 2.05) is 19.2 Å². The van der Waals surface area contributed by atoms with Crippen molar-refractivity contribution in [1.82, 2.24) is 9.97 Å². The van der Waals surface area contributed by atoms with Crippen LogP contribution in [0.4, 0.5) is 11.5 Å². The van der Waals surface area contributed by atoms with Crippen molar-refractivity contribution in [3.8, 4) is 0 Å². The summed E-state index contributed by atoms with van der Waals surface area (Å²) in [5, 5.41) is 6.11. The molecule has 2 heterocycles. The van der Waals surface area contributed by atoms with E-state index in [-0.39, 0.29) is 11.7 Å². The zero-order valence-corrected chi connectivity index (χ0v) is 13.0. The van der Waals surface area contributed by atoms with Gasteiger partial charge in [-0.05, 0) is 26.8 Å². The molecule has 0 spiro atoms. The van der Waals surface area contributed by atoms with Crippen molar-refractivity contribution in [1.29, 1.82) is 0 Å². The number of carbonyl (C=O) groups excluding carboxylic acids is 1. The number of esters is 1. The first kappa shape index (κ1) is 15.2. The highest BCUT2D eigenvalue weighted by Crippen LogP contribution is 2.26. The van der Waals surface area contributed by atoms with E-state index < -0.39 is 5.97 Å². The van der Waals surface area contributed by atoms with Crippen LogP contribution in [0.5, 0.6) is 0 Å². The molecule has 0 bridgehead atoms. The fourth-order valence-corrected chi connectivity index (χ4v) is 2.62. The molecule has 0 saturated heterocycles. The van der Waals surface area contributed by atoms with Crippen molar-refractivity contribution >= 4 is 28.8 Å². The van der Waals surface area contributed by atoms with Gasteiger partial charge in [-0.15, -0.1) is 11.3 Å². The second kappa shape index (κ2) is 6.53. The zero-order chi connectivity index (χ0) is 15.4. The van der Waals surface area contributed by atoms with Gasteiger partial charge in [0, 0.05) is 17.3 Å². The van der Waals surface area contributed by atoms with E-state index in [4.69, 9.17) is 10.5 Å². The number of aromatic nitrogens is 2. The van der Waals surface area contributed by atoms with Crippen LogP contribution in [-0.2, 0) is 4.74 Å². The van der Waals surface area contributed by atoms with Crippen molar-refractivity contribution < 1.29 is 9.53 Å². The van der Waals surface area contributed by atoms with E-state index in [0.29, 0.717) is 18.0 Å². The highest BCUT2D eigenvalue weighted by molar-refractivity contribution is 7.09. The zero-order valence-electron chi connectivity index (χ0n) is 12.2. The second-order valence-corrected chi connectivity index (χ2v) is 5.42. The molecule has 112 valence electrons. The van der Waals surface area contributed by atoms with Gasteiger partial charge in [0.1, 0.15) is 5.01 Å². The molecule has 2 aromatic rings. The number of carbonyl (C=O) groups is 1. The van der Waals surface area contributed by atoms with E-state index >= 15 is 0 Å². The number of nitrogen functional groups attached to an aromatic ring is 1. The van der Waals surface area contributed by atoms with E-state index in [0.717, 1.165) is 10.7 Å². The van der Waals surface area contributed by atoms with Gasteiger partial charge < -0.3 is 15.8 Å². The molecule has 0 aromatic carbocycles. The molecule has 0 aliphatic carbocycles. The first-order chi connectivity index (χ1) is 10.0. The number of nitrogens with two attached hydrogens (primary N) is 1. The lowest BCUT2D eigenvalue weighted by Gasteiger charge is -2.15.